The molecule has 0 bridgehead atoms. The van der Waals surface area contributed by atoms with Crippen molar-refractivity contribution in [1.82, 2.24) is 4.90 Å². The van der Waals surface area contributed by atoms with E-state index in [0.29, 0.717) is 0 Å². The highest BCUT2D eigenvalue weighted by Crippen LogP contribution is 2.47. The maximum atomic E-state index is 2.45. The van der Waals surface area contributed by atoms with Crippen LogP contribution in [-0.4, -0.2) is 71.8 Å². The van der Waals surface area contributed by atoms with Gasteiger partial charge in [0.05, 0.1) is 59.9 Å². The van der Waals surface area contributed by atoms with E-state index in [1.807, 2.05) is 23.5 Å². The molecule has 8 aromatic rings. The van der Waals surface area contributed by atoms with E-state index in [9.17, 15) is 0 Å². The maximum absolute atomic E-state index is 2.45. The maximum Gasteiger partial charge on any atom is 0.219 e. The van der Waals surface area contributed by atoms with Gasteiger partial charge in [-0.1, -0.05) is 108 Å². The molecule has 10 rings (SSSR count). The summed E-state index contributed by atoms with van der Waals surface area (Å²) in [6.07, 6.45) is 9.05. The summed E-state index contributed by atoms with van der Waals surface area (Å²) < 4.78 is 5.87. The molecule has 2 aromatic heterocycles. The van der Waals surface area contributed by atoms with Gasteiger partial charge < -0.3 is 91.1 Å². The van der Waals surface area contributed by atoms with Gasteiger partial charge in [0.2, 0.25) is 22.4 Å². The van der Waals surface area contributed by atoms with E-state index < -0.39 is 0 Å². The normalized spacial score (nSPS) is 13.9. The first-order chi connectivity index (χ1) is 32.5. The SMILES string of the molecule is CN(C)CCCc1cc(C=C2Sc3ccccc3N2C)c2ccccc2[n+]1-c1ccccc1.CN1C(=Cc2cc(CCC[N+](C)(C)C)[n+](-c3ccccc3)c3ccccc23)Sc2ccccc21.[I-].[I-].[I-]. The summed E-state index contributed by atoms with van der Waals surface area (Å²) in [6, 6.07) is 61.2. The van der Waals surface area contributed by atoms with Crippen LogP contribution >= 0.6 is 23.5 Å². The second kappa shape index (κ2) is 25.1. The molecule has 0 N–H and O–H groups in total. The van der Waals surface area contributed by atoms with Crippen LogP contribution in [0, 0.1) is 0 Å². The van der Waals surface area contributed by atoms with Crippen LogP contribution in [-0.2, 0) is 12.8 Å². The van der Waals surface area contributed by atoms with Crippen molar-refractivity contribution in [2.24, 2.45) is 0 Å². The number of nitrogens with zero attached hydrogens (tertiary/aromatic N) is 6. The van der Waals surface area contributed by atoms with E-state index >= 15 is 0 Å². The molecule has 0 spiro atoms. The van der Waals surface area contributed by atoms with Gasteiger partial charge in [-0.25, -0.2) is 0 Å². The molecular weight excluding hydrogens is 1240 g/mol. The Bertz CT molecular complexity index is 3100. The largest absolute Gasteiger partial charge is 1.00 e. The zero-order chi connectivity index (χ0) is 46.5. The van der Waals surface area contributed by atoms with Crippen molar-refractivity contribution >= 4 is 68.9 Å². The number of anilines is 2. The summed E-state index contributed by atoms with van der Waals surface area (Å²) in [5.41, 5.74) is 12.8. The Kier molecular flexibility index (Phi) is 19.9. The lowest BCUT2D eigenvalue weighted by Crippen LogP contribution is -3.00. The van der Waals surface area contributed by atoms with Crippen molar-refractivity contribution < 1.29 is 85.5 Å². The number of fused-ring (bicyclic) bond motifs is 4. The van der Waals surface area contributed by atoms with E-state index in [1.54, 1.807) is 0 Å². The molecular formula is C59H63I3N6S2. The zero-order valence-corrected chi connectivity index (χ0v) is 49.3. The number of rotatable bonds is 12. The number of para-hydroxylation sites is 6. The van der Waals surface area contributed by atoms with Crippen molar-refractivity contribution in [1.29, 1.82) is 0 Å². The minimum atomic E-state index is 0. The molecule has 70 heavy (non-hydrogen) atoms. The summed E-state index contributed by atoms with van der Waals surface area (Å²) in [5, 5.41) is 5.08. The van der Waals surface area contributed by atoms with Gasteiger partial charge >= 0.3 is 0 Å². The summed E-state index contributed by atoms with van der Waals surface area (Å²) >= 11 is 3.70. The Morgan fingerprint density at radius 1 is 0.500 bits per heavy atom. The van der Waals surface area contributed by atoms with Crippen LogP contribution in [0.4, 0.5) is 11.4 Å². The number of hydrogen-bond acceptors (Lipinski definition) is 5. The predicted octanol–water partition coefficient (Wildman–Crippen LogP) is 3.46. The highest BCUT2D eigenvalue weighted by Gasteiger charge is 2.27. The van der Waals surface area contributed by atoms with Gasteiger partial charge in [0, 0.05) is 91.7 Å². The Labute approximate surface area is 476 Å². The number of pyridine rings is 2. The first-order valence-electron chi connectivity index (χ1n) is 23.5. The molecule has 0 amide bonds. The fourth-order valence-corrected chi connectivity index (χ4v) is 11.4. The molecule has 0 unspecified atom stereocenters. The zero-order valence-electron chi connectivity index (χ0n) is 41.2. The molecule has 2 aliphatic heterocycles. The van der Waals surface area contributed by atoms with Crippen molar-refractivity contribution in [2.45, 2.75) is 35.5 Å². The summed E-state index contributed by atoms with van der Waals surface area (Å²) in [6.45, 7) is 2.22. The molecule has 11 heteroatoms. The average Bonchev–Trinajstić information content (AvgIpc) is 3.83. The van der Waals surface area contributed by atoms with Gasteiger partial charge in [0.1, 0.15) is 0 Å². The number of aromatic nitrogens is 2. The third-order valence-corrected chi connectivity index (χ3v) is 14.9. The fraction of sp³-hybridized carbons (Fsp3) is 0.220. The lowest BCUT2D eigenvalue weighted by atomic mass is 10.0. The highest BCUT2D eigenvalue weighted by atomic mass is 127. The van der Waals surface area contributed by atoms with Crippen molar-refractivity contribution in [2.75, 3.05) is 72.2 Å². The highest BCUT2D eigenvalue weighted by molar-refractivity contribution is 8.04. The Morgan fingerprint density at radius 2 is 0.886 bits per heavy atom. The predicted molar refractivity (Wildman–Crippen MR) is 286 cm³/mol. The Hall–Kier alpha value is -3.97. The molecule has 2 aliphatic rings. The van der Waals surface area contributed by atoms with Crippen molar-refractivity contribution in [3.63, 3.8) is 0 Å². The molecule has 6 aromatic carbocycles. The summed E-state index contributed by atoms with van der Waals surface area (Å²) in [5.74, 6) is 0. The van der Waals surface area contributed by atoms with Crippen LogP contribution in [0.1, 0.15) is 35.4 Å². The number of aryl methyl sites for hydroxylation is 2. The minimum Gasteiger partial charge on any atom is -1.00 e. The third-order valence-electron chi connectivity index (χ3n) is 12.6. The molecule has 0 atom stereocenters. The van der Waals surface area contributed by atoms with Gasteiger partial charge in [0.25, 0.3) is 0 Å². The lowest BCUT2D eigenvalue weighted by molar-refractivity contribution is -0.870. The topological polar surface area (TPSA) is 17.5 Å². The van der Waals surface area contributed by atoms with Gasteiger partial charge in [0.15, 0.2) is 11.4 Å². The van der Waals surface area contributed by atoms with E-state index in [2.05, 4.69) is 255 Å². The standard InChI is InChI=1S/C30H33N3S.C29H30N3S.3HI/c1-31-28-18-10-11-19-29(28)34-30(31)22-23-21-25(15-12-20-33(2,3)4)32(24-13-6-5-7-14-24)27-17-9-8-16-26(23)27;1-30(2)19-11-14-24-20-22(21-29-31(3)27-17-9-10-18-28(27)33-29)25-15-7-8-16-26(25)32(24)23-12-5-4-6-13-23;;;/h5-11,13-14,16-19,21-22H,12,15,20H2,1-4H3;4-10,12-13,15-18,20-21H,11,14,19H2,1-3H3;3*1H/q+2;+1;;;/p-3. The van der Waals surface area contributed by atoms with E-state index in [0.717, 1.165) is 43.3 Å². The number of benzene rings is 6. The monoisotopic (exact) mass is 1300 g/mol. The molecule has 0 fully saturated rings. The summed E-state index contributed by atoms with van der Waals surface area (Å²) in [4.78, 5) is 9.51. The van der Waals surface area contributed by atoms with E-state index in [4.69, 9.17) is 0 Å². The van der Waals surface area contributed by atoms with Crippen LogP contribution in [0.3, 0.4) is 0 Å². The molecule has 0 aliphatic carbocycles. The van der Waals surface area contributed by atoms with Crippen molar-refractivity contribution in [3.8, 4) is 11.4 Å². The first kappa shape index (κ1) is 55.3. The van der Waals surface area contributed by atoms with Crippen LogP contribution in [0.25, 0.3) is 45.3 Å². The molecule has 4 heterocycles. The van der Waals surface area contributed by atoms with Crippen LogP contribution in [0.2, 0.25) is 0 Å². The molecule has 362 valence electrons. The number of halogens is 3. The summed E-state index contributed by atoms with van der Waals surface area (Å²) in [7, 11) is 15.4. The number of quaternary nitrogens is 1. The van der Waals surface area contributed by atoms with Crippen LogP contribution < -0.4 is 90.9 Å². The van der Waals surface area contributed by atoms with E-state index in [-0.39, 0.29) is 71.9 Å². The first-order valence-corrected chi connectivity index (χ1v) is 25.1. The van der Waals surface area contributed by atoms with Gasteiger partial charge in [-0.05, 0) is 86.7 Å². The van der Waals surface area contributed by atoms with Crippen molar-refractivity contribution in [3.05, 3.63) is 202 Å². The van der Waals surface area contributed by atoms with Gasteiger partial charge in [-0.2, -0.15) is 9.13 Å². The van der Waals surface area contributed by atoms with Crippen LogP contribution in [0.15, 0.2) is 190 Å². The molecule has 0 saturated heterocycles. The number of thioether (sulfide) groups is 2. The average molecular weight is 1300 g/mol. The third kappa shape index (κ3) is 12.8. The second-order valence-electron chi connectivity index (χ2n) is 18.8. The van der Waals surface area contributed by atoms with Gasteiger partial charge in [-0.3, -0.25) is 0 Å². The van der Waals surface area contributed by atoms with Crippen LogP contribution in [0.5, 0.6) is 0 Å². The minimum absolute atomic E-state index is 0. The molecule has 6 nitrogen and oxygen atoms in total. The van der Waals surface area contributed by atoms with Gasteiger partial charge in [-0.15, -0.1) is 0 Å². The molecule has 0 saturated carbocycles. The quantitative estimate of drug-likeness (QED) is 0.106. The Balaban J connectivity index is 0.000000220. The van der Waals surface area contributed by atoms with E-state index in [1.165, 1.54) is 86.9 Å². The Morgan fingerprint density at radius 3 is 1.30 bits per heavy atom. The fourth-order valence-electron chi connectivity index (χ4n) is 9.22. The number of hydrogen-bond donors (Lipinski definition) is 0. The second-order valence-corrected chi connectivity index (χ2v) is 20.9. The lowest BCUT2D eigenvalue weighted by Gasteiger charge is -2.23. The molecule has 0 radical (unpaired) electrons. The smallest absolute Gasteiger partial charge is 0.219 e.